The maximum absolute atomic E-state index is 13.5. The van der Waals surface area contributed by atoms with Gasteiger partial charge >= 0.3 is 0 Å². The third kappa shape index (κ3) is 3.24. The molecule has 0 unspecified atom stereocenters. The van der Waals surface area contributed by atoms with Gasteiger partial charge < -0.3 is 4.74 Å². The van der Waals surface area contributed by atoms with Crippen LogP contribution in [0.3, 0.4) is 0 Å². The number of fused-ring (bicyclic) bond motifs is 1. The lowest BCUT2D eigenvalue weighted by molar-refractivity contribution is -0.126. The molecule has 0 aliphatic carbocycles. The Balaban J connectivity index is 1.56. The molecule has 2 amide bonds. The zero-order valence-electron chi connectivity index (χ0n) is 16.6. The van der Waals surface area contributed by atoms with Crippen LogP contribution in [0, 0.1) is 5.92 Å². The number of amides is 2. The molecule has 7 heteroatoms. The summed E-state index contributed by atoms with van der Waals surface area (Å²) < 4.78 is 5.18. The van der Waals surface area contributed by atoms with Gasteiger partial charge in [-0.1, -0.05) is 41.9 Å². The number of carbonyl (C=O) groups excluding carboxylic acids is 2. The number of methoxy groups -OCH3 is 1. The lowest BCUT2D eigenvalue weighted by atomic mass is 9.90. The van der Waals surface area contributed by atoms with Crippen molar-refractivity contribution in [2.75, 3.05) is 17.1 Å². The highest BCUT2D eigenvalue weighted by Crippen LogP contribution is 2.47. The predicted octanol–water partition coefficient (Wildman–Crippen LogP) is 4.40. The lowest BCUT2D eigenvalue weighted by Crippen LogP contribution is -2.37. The molecule has 3 aromatic rings. The van der Waals surface area contributed by atoms with E-state index in [0.717, 1.165) is 11.3 Å². The Morgan fingerprint density at radius 3 is 2.16 bits per heavy atom. The minimum absolute atomic E-state index is 0.293. The van der Waals surface area contributed by atoms with Crippen LogP contribution >= 0.6 is 11.6 Å². The normalized spacial score (nSPS) is 22.7. The van der Waals surface area contributed by atoms with Crippen LogP contribution in [0.15, 0.2) is 78.9 Å². The number of anilines is 2. The SMILES string of the molecule is COc1ccc(N2C(=O)[C@@H]3[C@H](ON(c4ccccc4)[C@@H]3c3ccc(Cl)cc3)C2=O)cc1. The average Bonchev–Trinajstić information content (AvgIpc) is 3.31. The number of imide groups is 1. The van der Waals surface area contributed by atoms with Crippen molar-refractivity contribution in [2.24, 2.45) is 5.92 Å². The molecule has 0 aromatic heterocycles. The van der Waals surface area contributed by atoms with E-state index in [0.29, 0.717) is 16.5 Å². The first-order valence-electron chi connectivity index (χ1n) is 9.87. The second kappa shape index (κ2) is 7.72. The fourth-order valence-electron chi connectivity index (χ4n) is 4.20. The van der Waals surface area contributed by atoms with Crippen molar-refractivity contribution in [1.82, 2.24) is 0 Å². The van der Waals surface area contributed by atoms with Crippen molar-refractivity contribution in [3.8, 4) is 5.75 Å². The van der Waals surface area contributed by atoms with Crippen LogP contribution in [0.5, 0.6) is 5.75 Å². The highest BCUT2D eigenvalue weighted by Gasteiger charge is 2.60. The van der Waals surface area contributed by atoms with Gasteiger partial charge in [-0.05, 0) is 54.1 Å². The van der Waals surface area contributed by atoms with Gasteiger partial charge in [-0.15, -0.1) is 0 Å². The summed E-state index contributed by atoms with van der Waals surface area (Å²) in [6, 6.07) is 23.1. The van der Waals surface area contributed by atoms with Gasteiger partial charge in [0.05, 0.1) is 24.5 Å². The largest absolute Gasteiger partial charge is 0.497 e. The van der Waals surface area contributed by atoms with Gasteiger partial charge in [-0.2, -0.15) is 0 Å². The fourth-order valence-corrected chi connectivity index (χ4v) is 4.32. The lowest BCUT2D eigenvalue weighted by Gasteiger charge is -2.28. The number of carbonyl (C=O) groups is 2. The Morgan fingerprint density at radius 1 is 0.839 bits per heavy atom. The maximum Gasteiger partial charge on any atom is 0.266 e. The quantitative estimate of drug-likeness (QED) is 0.570. The topological polar surface area (TPSA) is 59.1 Å². The van der Waals surface area contributed by atoms with Crippen molar-refractivity contribution in [3.05, 3.63) is 89.4 Å². The predicted molar refractivity (Wildman–Crippen MR) is 117 cm³/mol. The van der Waals surface area contributed by atoms with Gasteiger partial charge in [0.15, 0.2) is 6.10 Å². The van der Waals surface area contributed by atoms with Crippen molar-refractivity contribution >= 4 is 34.8 Å². The van der Waals surface area contributed by atoms with E-state index in [9.17, 15) is 9.59 Å². The molecule has 2 aliphatic heterocycles. The van der Waals surface area contributed by atoms with Gasteiger partial charge in [0.25, 0.3) is 5.91 Å². The van der Waals surface area contributed by atoms with Crippen LogP contribution in [0.25, 0.3) is 0 Å². The van der Waals surface area contributed by atoms with E-state index in [1.165, 1.54) is 4.90 Å². The molecule has 3 atom stereocenters. The van der Waals surface area contributed by atoms with Crippen LogP contribution in [-0.2, 0) is 14.4 Å². The number of halogens is 1. The van der Waals surface area contributed by atoms with Crippen molar-refractivity contribution in [2.45, 2.75) is 12.1 Å². The minimum Gasteiger partial charge on any atom is -0.497 e. The molecule has 2 saturated heterocycles. The number of nitrogens with zero attached hydrogens (tertiary/aromatic N) is 2. The second-order valence-electron chi connectivity index (χ2n) is 7.42. The third-order valence-corrected chi connectivity index (χ3v) is 5.92. The van der Waals surface area contributed by atoms with E-state index in [4.69, 9.17) is 21.2 Å². The Hall–Kier alpha value is -3.35. The van der Waals surface area contributed by atoms with Crippen molar-refractivity contribution in [1.29, 1.82) is 0 Å². The second-order valence-corrected chi connectivity index (χ2v) is 7.86. The first kappa shape index (κ1) is 19.6. The summed E-state index contributed by atoms with van der Waals surface area (Å²) in [4.78, 5) is 34.1. The molecule has 0 radical (unpaired) electrons. The zero-order chi connectivity index (χ0) is 21.5. The minimum atomic E-state index is -0.907. The first-order chi connectivity index (χ1) is 15.1. The van der Waals surface area contributed by atoms with Gasteiger partial charge in [-0.3, -0.25) is 14.4 Å². The summed E-state index contributed by atoms with van der Waals surface area (Å²) in [6.07, 6.45) is -0.907. The number of para-hydroxylation sites is 1. The molecule has 6 nitrogen and oxygen atoms in total. The molecule has 31 heavy (non-hydrogen) atoms. The molecule has 0 saturated carbocycles. The van der Waals surface area contributed by atoms with Gasteiger partial charge in [0, 0.05) is 5.02 Å². The highest BCUT2D eigenvalue weighted by atomic mass is 35.5. The number of hydroxylamine groups is 1. The number of rotatable bonds is 4. The molecule has 156 valence electrons. The Bertz CT molecular complexity index is 1120. The smallest absolute Gasteiger partial charge is 0.266 e. The van der Waals surface area contributed by atoms with Crippen molar-refractivity contribution < 1.29 is 19.2 Å². The van der Waals surface area contributed by atoms with E-state index in [1.807, 2.05) is 42.5 Å². The number of benzene rings is 3. The number of hydrogen-bond donors (Lipinski definition) is 0. The summed E-state index contributed by atoms with van der Waals surface area (Å²) in [6.45, 7) is 0. The van der Waals surface area contributed by atoms with E-state index in [1.54, 1.807) is 48.6 Å². The van der Waals surface area contributed by atoms with Crippen LogP contribution in [0.2, 0.25) is 5.02 Å². The molecule has 0 spiro atoms. The Kier molecular flexibility index (Phi) is 4.88. The fraction of sp³-hybridized carbons (Fsp3) is 0.167. The Labute approximate surface area is 184 Å². The molecule has 0 bridgehead atoms. The average molecular weight is 435 g/mol. The van der Waals surface area contributed by atoms with Crippen LogP contribution in [0.4, 0.5) is 11.4 Å². The van der Waals surface area contributed by atoms with E-state index in [-0.39, 0.29) is 11.8 Å². The molecule has 2 heterocycles. The molecule has 5 rings (SSSR count). The highest BCUT2D eigenvalue weighted by molar-refractivity contribution is 6.30. The standard InChI is InChI=1S/C24H19ClN2O4/c1-30-19-13-11-17(12-14-19)26-23(28)20-21(15-7-9-16(25)10-8-15)27(31-22(20)24(26)29)18-5-3-2-4-6-18/h2-14,20-22H,1H3/t20-,21+,22-/m0/s1. The molecule has 0 N–H and O–H groups in total. The van der Waals surface area contributed by atoms with Gasteiger partial charge in [-0.25, -0.2) is 9.96 Å². The van der Waals surface area contributed by atoms with Crippen LogP contribution in [0.1, 0.15) is 11.6 Å². The van der Waals surface area contributed by atoms with E-state index in [2.05, 4.69) is 0 Å². The molecule has 3 aromatic carbocycles. The molecule has 2 aliphatic rings. The van der Waals surface area contributed by atoms with E-state index >= 15 is 0 Å². The van der Waals surface area contributed by atoms with Gasteiger partial charge in [0.2, 0.25) is 5.91 Å². The Morgan fingerprint density at radius 2 is 1.52 bits per heavy atom. The summed E-state index contributed by atoms with van der Waals surface area (Å²) in [7, 11) is 1.56. The summed E-state index contributed by atoms with van der Waals surface area (Å²) in [5.41, 5.74) is 2.11. The summed E-state index contributed by atoms with van der Waals surface area (Å²) in [5, 5.41) is 2.26. The maximum atomic E-state index is 13.5. The first-order valence-corrected chi connectivity index (χ1v) is 10.2. The van der Waals surface area contributed by atoms with Crippen LogP contribution < -0.4 is 14.7 Å². The molecular weight excluding hydrogens is 416 g/mol. The molecule has 2 fully saturated rings. The summed E-state index contributed by atoms with van der Waals surface area (Å²) in [5.74, 6) is -0.708. The van der Waals surface area contributed by atoms with Crippen molar-refractivity contribution in [3.63, 3.8) is 0 Å². The number of ether oxygens (including phenoxy) is 1. The third-order valence-electron chi connectivity index (χ3n) is 5.67. The van der Waals surface area contributed by atoms with E-state index < -0.39 is 18.1 Å². The zero-order valence-corrected chi connectivity index (χ0v) is 17.4. The number of hydrogen-bond acceptors (Lipinski definition) is 5. The van der Waals surface area contributed by atoms with Crippen LogP contribution in [-0.4, -0.2) is 25.0 Å². The summed E-state index contributed by atoms with van der Waals surface area (Å²) >= 11 is 6.08. The molecular formula is C24H19ClN2O4. The van der Waals surface area contributed by atoms with Gasteiger partial charge in [0.1, 0.15) is 11.7 Å². The monoisotopic (exact) mass is 434 g/mol.